The Kier molecular flexibility index (Phi) is 3.71. The highest BCUT2D eigenvalue weighted by Crippen LogP contribution is 2.37. The van der Waals surface area contributed by atoms with Crippen LogP contribution < -0.4 is 4.31 Å². The Morgan fingerprint density at radius 3 is 2.76 bits per heavy atom. The number of anilines is 1. The van der Waals surface area contributed by atoms with Crippen molar-refractivity contribution in [2.45, 2.75) is 30.0 Å². The minimum absolute atomic E-state index is 0.172. The molecule has 1 aliphatic rings. The normalized spacial score (nSPS) is 18.6. The van der Waals surface area contributed by atoms with Crippen LogP contribution in [0.4, 0.5) is 10.1 Å². The number of hydrogen-bond acceptors (Lipinski definition) is 3. The van der Waals surface area contributed by atoms with Crippen molar-refractivity contribution in [3.63, 3.8) is 0 Å². The van der Waals surface area contributed by atoms with Crippen molar-refractivity contribution in [2.75, 3.05) is 4.31 Å². The lowest BCUT2D eigenvalue weighted by Gasteiger charge is -2.35. The van der Waals surface area contributed by atoms with E-state index < -0.39 is 10.0 Å². The zero-order valence-electron chi connectivity index (χ0n) is 11.2. The number of aryl methyl sites for hydroxylation is 1. The second-order valence-electron chi connectivity index (χ2n) is 5.02. The molecule has 1 atom stereocenters. The summed E-state index contributed by atoms with van der Waals surface area (Å²) in [5, 5.41) is 0. The molecule has 7 heteroatoms. The van der Waals surface area contributed by atoms with E-state index in [2.05, 4.69) is 0 Å². The van der Waals surface area contributed by atoms with Crippen molar-refractivity contribution in [1.29, 1.82) is 0 Å². The molecule has 0 fully saturated rings. The number of thiophene rings is 1. The number of rotatable bonds is 2. The molecule has 21 heavy (non-hydrogen) atoms. The van der Waals surface area contributed by atoms with Crippen LogP contribution in [0.3, 0.4) is 0 Å². The summed E-state index contributed by atoms with van der Waals surface area (Å²) in [4.78, 5) is 0. The largest absolute Gasteiger partial charge is 0.274 e. The monoisotopic (exact) mass is 345 g/mol. The third-order valence-electron chi connectivity index (χ3n) is 3.57. The Hall–Kier alpha value is -1.11. The third kappa shape index (κ3) is 2.56. The lowest BCUT2D eigenvalue weighted by Crippen LogP contribution is -2.41. The second kappa shape index (κ2) is 5.26. The summed E-state index contributed by atoms with van der Waals surface area (Å²) in [5.74, 6) is -0.347. The summed E-state index contributed by atoms with van der Waals surface area (Å²) in [5.41, 5.74) is 1.28. The van der Waals surface area contributed by atoms with E-state index in [4.69, 9.17) is 11.6 Å². The first-order valence-electron chi connectivity index (χ1n) is 6.48. The first-order valence-corrected chi connectivity index (χ1v) is 9.11. The summed E-state index contributed by atoms with van der Waals surface area (Å²) in [7, 11) is -3.67. The molecule has 0 spiro atoms. The number of benzene rings is 1. The van der Waals surface area contributed by atoms with Crippen LogP contribution in [0, 0.1) is 5.82 Å². The van der Waals surface area contributed by atoms with Crippen molar-refractivity contribution in [3.8, 4) is 0 Å². The van der Waals surface area contributed by atoms with E-state index in [9.17, 15) is 12.8 Å². The quantitative estimate of drug-likeness (QED) is 0.822. The predicted molar refractivity (Wildman–Crippen MR) is 83.2 cm³/mol. The molecule has 2 aromatic rings. The van der Waals surface area contributed by atoms with Gasteiger partial charge in [0.15, 0.2) is 0 Å². The fraction of sp³-hybridized carbons (Fsp3) is 0.286. The van der Waals surface area contributed by atoms with E-state index in [0.29, 0.717) is 22.9 Å². The van der Waals surface area contributed by atoms with Gasteiger partial charge in [-0.1, -0.05) is 11.6 Å². The number of nitrogens with zero attached hydrogens (tertiary/aromatic N) is 1. The molecule has 1 aliphatic heterocycles. The van der Waals surface area contributed by atoms with E-state index in [1.165, 1.54) is 28.6 Å². The molecule has 0 saturated heterocycles. The molecular formula is C14H13ClFNO2S2. The Labute approximate surface area is 132 Å². The summed E-state index contributed by atoms with van der Waals surface area (Å²) >= 11 is 6.88. The number of fused-ring (bicyclic) bond motifs is 1. The highest BCUT2D eigenvalue weighted by Gasteiger charge is 2.34. The molecule has 3 rings (SSSR count). The molecule has 1 aromatic carbocycles. The summed E-state index contributed by atoms with van der Waals surface area (Å²) in [6, 6.07) is 7.14. The van der Waals surface area contributed by atoms with Crippen LogP contribution in [0.15, 0.2) is 34.5 Å². The Morgan fingerprint density at radius 1 is 1.33 bits per heavy atom. The number of hydrogen-bond donors (Lipinski definition) is 0. The maximum Gasteiger partial charge on any atom is 0.274 e. The van der Waals surface area contributed by atoms with Crippen LogP contribution >= 0.6 is 22.9 Å². The van der Waals surface area contributed by atoms with E-state index in [-0.39, 0.29) is 16.1 Å². The van der Waals surface area contributed by atoms with Gasteiger partial charge in [0, 0.05) is 6.04 Å². The van der Waals surface area contributed by atoms with Gasteiger partial charge < -0.3 is 0 Å². The standard InChI is InChI=1S/C14H13ClFNO2S2/c1-9-2-3-10-8-11(16)4-5-12(10)17(9)21(18,19)14-7-6-13(15)20-14/h4-9H,2-3H2,1H3. The summed E-state index contributed by atoms with van der Waals surface area (Å²) < 4.78 is 41.1. The topological polar surface area (TPSA) is 37.4 Å². The van der Waals surface area contributed by atoms with E-state index in [1.54, 1.807) is 6.07 Å². The highest BCUT2D eigenvalue weighted by atomic mass is 35.5. The van der Waals surface area contributed by atoms with Crippen molar-refractivity contribution in [2.24, 2.45) is 0 Å². The molecule has 112 valence electrons. The molecule has 0 N–H and O–H groups in total. The lowest BCUT2D eigenvalue weighted by molar-refractivity contribution is 0.561. The van der Waals surface area contributed by atoms with E-state index in [0.717, 1.165) is 16.9 Å². The third-order valence-corrected chi connectivity index (χ3v) is 7.20. The minimum atomic E-state index is -3.67. The van der Waals surface area contributed by atoms with Gasteiger partial charge in [0.05, 0.1) is 10.0 Å². The number of sulfonamides is 1. The van der Waals surface area contributed by atoms with Gasteiger partial charge in [-0.15, -0.1) is 11.3 Å². The molecule has 0 saturated carbocycles. The van der Waals surface area contributed by atoms with Crippen molar-refractivity contribution in [3.05, 3.63) is 46.0 Å². The summed E-state index contributed by atoms with van der Waals surface area (Å²) in [6.07, 6.45) is 1.33. The fourth-order valence-corrected chi connectivity index (χ4v) is 5.88. The molecule has 2 heterocycles. The highest BCUT2D eigenvalue weighted by molar-refractivity contribution is 7.94. The van der Waals surface area contributed by atoms with E-state index in [1.807, 2.05) is 6.92 Å². The molecule has 1 unspecified atom stereocenters. The van der Waals surface area contributed by atoms with Crippen LogP contribution in [-0.2, 0) is 16.4 Å². The molecule has 0 bridgehead atoms. The van der Waals surface area contributed by atoms with Gasteiger partial charge >= 0.3 is 0 Å². The van der Waals surface area contributed by atoms with Gasteiger partial charge in [0.2, 0.25) is 0 Å². The Bertz CT molecular complexity index is 788. The van der Waals surface area contributed by atoms with Crippen LogP contribution in [0.1, 0.15) is 18.9 Å². The van der Waals surface area contributed by atoms with Crippen molar-refractivity contribution >= 4 is 38.6 Å². The van der Waals surface area contributed by atoms with Crippen LogP contribution in [0.25, 0.3) is 0 Å². The Balaban J connectivity index is 2.14. The maximum atomic E-state index is 13.4. The second-order valence-corrected chi connectivity index (χ2v) is 8.78. The SMILES string of the molecule is CC1CCc2cc(F)ccc2N1S(=O)(=O)c1ccc(Cl)s1. The van der Waals surface area contributed by atoms with Gasteiger partial charge in [0.1, 0.15) is 10.0 Å². The molecule has 1 aromatic heterocycles. The molecule has 0 aliphatic carbocycles. The first kappa shape index (κ1) is 14.8. The molecule has 3 nitrogen and oxygen atoms in total. The van der Waals surface area contributed by atoms with Gasteiger partial charge in [0.25, 0.3) is 10.0 Å². The predicted octanol–water partition coefficient (Wildman–Crippen LogP) is 4.07. The molecule has 0 radical (unpaired) electrons. The van der Waals surface area contributed by atoms with Crippen molar-refractivity contribution < 1.29 is 12.8 Å². The van der Waals surface area contributed by atoms with Gasteiger partial charge in [-0.05, 0) is 55.7 Å². The van der Waals surface area contributed by atoms with Gasteiger partial charge in [-0.25, -0.2) is 12.8 Å². The first-order chi connectivity index (χ1) is 9.89. The van der Waals surface area contributed by atoms with Crippen molar-refractivity contribution in [1.82, 2.24) is 0 Å². The van der Waals surface area contributed by atoms with Gasteiger partial charge in [-0.3, -0.25) is 4.31 Å². The average molecular weight is 346 g/mol. The average Bonchev–Trinajstić information content (AvgIpc) is 2.86. The maximum absolute atomic E-state index is 13.4. The van der Waals surface area contributed by atoms with Crippen LogP contribution in [0.5, 0.6) is 0 Å². The zero-order valence-corrected chi connectivity index (χ0v) is 13.6. The van der Waals surface area contributed by atoms with Crippen LogP contribution in [0.2, 0.25) is 4.34 Å². The Morgan fingerprint density at radius 2 is 2.10 bits per heavy atom. The van der Waals surface area contributed by atoms with Gasteiger partial charge in [-0.2, -0.15) is 0 Å². The lowest BCUT2D eigenvalue weighted by atomic mass is 9.99. The van der Waals surface area contributed by atoms with E-state index >= 15 is 0 Å². The summed E-state index contributed by atoms with van der Waals surface area (Å²) in [6.45, 7) is 1.86. The zero-order chi connectivity index (χ0) is 15.2. The molecule has 0 amide bonds. The van der Waals surface area contributed by atoms with Crippen LogP contribution in [-0.4, -0.2) is 14.5 Å². The fourth-order valence-electron chi connectivity index (χ4n) is 2.59. The smallest absolute Gasteiger partial charge is 0.263 e. The minimum Gasteiger partial charge on any atom is -0.263 e. The number of halogens is 2. The molecular weight excluding hydrogens is 333 g/mol.